The third-order valence-electron chi connectivity index (χ3n) is 6.66. The van der Waals surface area contributed by atoms with Gasteiger partial charge in [-0.2, -0.15) is 5.10 Å². The van der Waals surface area contributed by atoms with Crippen molar-refractivity contribution in [2.24, 2.45) is 0 Å². The third kappa shape index (κ3) is 6.14. The van der Waals surface area contributed by atoms with Crippen molar-refractivity contribution in [3.63, 3.8) is 0 Å². The van der Waals surface area contributed by atoms with Gasteiger partial charge in [0.15, 0.2) is 5.76 Å². The summed E-state index contributed by atoms with van der Waals surface area (Å²) in [5.41, 5.74) is 1.24. The Morgan fingerprint density at radius 1 is 1.14 bits per heavy atom. The predicted octanol–water partition coefficient (Wildman–Crippen LogP) is 3.15. The summed E-state index contributed by atoms with van der Waals surface area (Å²) in [6, 6.07) is 9.41. The molecule has 0 radical (unpaired) electrons. The summed E-state index contributed by atoms with van der Waals surface area (Å²) >= 11 is 0. The van der Waals surface area contributed by atoms with E-state index in [1.165, 1.54) is 13.2 Å². The standard InChI is InChI=1S/C27H34N4O6/c1-18(2)31-16-19(15-28-31)23(14-25(33)36-4)27-26(34)24(32)13-22(37-27)17-29-9-11-30(12-10-29)20-5-7-21(35-3)8-6-20/h5-8,13,15-16,18,23,34H,9-12,14,17H2,1-4H3. The van der Waals surface area contributed by atoms with Crippen molar-refractivity contribution in [1.82, 2.24) is 14.7 Å². The van der Waals surface area contributed by atoms with E-state index in [9.17, 15) is 14.7 Å². The molecule has 1 unspecified atom stereocenters. The average molecular weight is 511 g/mol. The van der Waals surface area contributed by atoms with Crippen molar-refractivity contribution >= 4 is 11.7 Å². The molecule has 4 rings (SSSR count). The van der Waals surface area contributed by atoms with Gasteiger partial charge in [-0.25, -0.2) is 0 Å². The van der Waals surface area contributed by atoms with Crippen LogP contribution in [0.3, 0.4) is 0 Å². The van der Waals surface area contributed by atoms with E-state index in [2.05, 4.69) is 14.9 Å². The minimum absolute atomic E-state index is 0.0491. The minimum atomic E-state index is -0.709. The first-order chi connectivity index (χ1) is 17.8. The van der Waals surface area contributed by atoms with E-state index in [0.717, 1.165) is 37.6 Å². The Morgan fingerprint density at radius 2 is 1.84 bits per heavy atom. The summed E-state index contributed by atoms with van der Waals surface area (Å²) in [5, 5.41) is 15.0. The van der Waals surface area contributed by atoms with Gasteiger partial charge in [0.2, 0.25) is 11.2 Å². The number of benzene rings is 1. The number of piperazine rings is 1. The topological polar surface area (TPSA) is 110 Å². The normalized spacial score (nSPS) is 15.1. The lowest BCUT2D eigenvalue weighted by Gasteiger charge is -2.36. The van der Waals surface area contributed by atoms with Crippen LogP contribution in [0.1, 0.15) is 49.3 Å². The largest absolute Gasteiger partial charge is 0.502 e. The van der Waals surface area contributed by atoms with Gasteiger partial charge in [-0.15, -0.1) is 0 Å². The Labute approximate surface area is 216 Å². The van der Waals surface area contributed by atoms with E-state index < -0.39 is 23.1 Å². The number of rotatable bonds is 9. The molecule has 1 N–H and O–H groups in total. The van der Waals surface area contributed by atoms with Crippen LogP contribution in [-0.2, 0) is 16.1 Å². The molecule has 1 fully saturated rings. The van der Waals surface area contributed by atoms with Crippen molar-refractivity contribution in [3.05, 3.63) is 70.0 Å². The molecule has 1 aliphatic rings. The Morgan fingerprint density at radius 3 is 2.43 bits per heavy atom. The predicted molar refractivity (Wildman–Crippen MR) is 138 cm³/mol. The zero-order chi connectivity index (χ0) is 26.5. The molecule has 10 nitrogen and oxygen atoms in total. The Kier molecular flexibility index (Phi) is 8.17. The Balaban J connectivity index is 1.52. The van der Waals surface area contributed by atoms with Crippen LogP contribution in [0.15, 0.2) is 51.9 Å². The zero-order valence-corrected chi connectivity index (χ0v) is 21.7. The number of carbonyl (C=O) groups excluding carboxylic acids is 1. The fourth-order valence-corrected chi connectivity index (χ4v) is 4.47. The number of methoxy groups -OCH3 is 2. The van der Waals surface area contributed by atoms with Crippen molar-refractivity contribution in [2.45, 2.75) is 38.8 Å². The van der Waals surface area contributed by atoms with Crippen molar-refractivity contribution < 1.29 is 23.8 Å². The summed E-state index contributed by atoms with van der Waals surface area (Å²) in [6.45, 7) is 7.58. The molecule has 198 valence electrons. The summed E-state index contributed by atoms with van der Waals surface area (Å²) in [5.74, 6) is -0.388. The summed E-state index contributed by atoms with van der Waals surface area (Å²) in [7, 11) is 2.95. The molecule has 37 heavy (non-hydrogen) atoms. The van der Waals surface area contributed by atoms with Crippen LogP contribution in [0.4, 0.5) is 5.69 Å². The number of nitrogens with zero attached hydrogens (tertiary/aromatic N) is 4. The molecule has 1 atom stereocenters. The van der Waals surface area contributed by atoms with Crippen LogP contribution in [0.2, 0.25) is 0 Å². The number of aromatic hydroxyl groups is 1. The van der Waals surface area contributed by atoms with Gasteiger partial charge in [-0.05, 0) is 38.1 Å². The smallest absolute Gasteiger partial charge is 0.306 e. The quantitative estimate of drug-likeness (QED) is 0.434. The third-order valence-corrected chi connectivity index (χ3v) is 6.66. The van der Waals surface area contributed by atoms with Crippen LogP contribution in [-0.4, -0.2) is 66.2 Å². The molecule has 1 aromatic carbocycles. The van der Waals surface area contributed by atoms with Gasteiger partial charge in [0.25, 0.3) is 0 Å². The monoisotopic (exact) mass is 510 g/mol. The molecule has 0 amide bonds. The van der Waals surface area contributed by atoms with Crippen LogP contribution < -0.4 is 15.1 Å². The number of anilines is 1. The van der Waals surface area contributed by atoms with Crippen molar-refractivity contribution in [2.75, 3.05) is 45.3 Å². The lowest BCUT2D eigenvalue weighted by atomic mass is 9.94. The number of carbonyl (C=O) groups is 1. The van der Waals surface area contributed by atoms with E-state index >= 15 is 0 Å². The maximum Gasteiger partial charge on any atom is 0.306 e. The number of aromatic nitrogens is 2. The van der Waals surface area contributed by atoms with E-state index in [-0.39, 0.29) is 18.2 Å². The average Bonchev–Trinajstić information content (AvgIpc) is 3.40. The van der Waals surface area contributed by atoms with Crippen molar-refractivity contribution in [1.29, 1.82) is 0 Å². The molecule has 3 aromatic rings. The minimum Gasteiger partial charge on any atom is -0.502 e. The highest BCUT2D eigenvalue weighted by Gasteiger charge is 2.28. The summed E-state index contributed by atoms with van der Waals surface area (Å²) in [6.07, 6.45) is 3.32. The number of esters is 1. The van der Waals surface area contributed by atoms with Crippen LogP contribution in [0.25, 0.3) is 0 Å². The van der Waals surface area contributed by atoms with E-state index in [1.807, 2.05) is 38.1 Å². The van der Waals surface area contributed by atoms with Gasteiger partial charge in [0.1, 0.15) is 11.5 Å². The van der Waals surface area contributed by atoms with Gasteiger partial charge in [-0.3, -0.25) is 19.2 Å². The number of hydrogen-bond acceptors (Lipinski definition) is 9. The van der Waals surface area contributed by atoms with E-state index in [0.29, 0.717) is 17.9 Å². The van der Waals surface area contributed by atoms with Gasteiger partial charge >= 0.3 is 5.97 Å². The molecule has 0 saturated carbocycles. The fourth-order valence-electron chi connectivity index (χ4n) is 4.47. The SMILES string of the molecule is COC(=O)CC(c1cnn(C(C)C)c1)c1oc(CN2CCN(c3ccc(OC)cc3)CC2)cc(=O)c1O. The molecule has 0 aliphatic carbocycles. The van der Waals surface area contributed by atoms with Gasteiger partial charge in [-0.1, -0.05) is 0 Å². The van der Waals surface area contributed by atoms with Crippen molar-refractivity contribution in [3.8, 4) is 11.5 Å². The maximum absolute atomic E-state index is 12.7. The second-order valence-corrected chi connectivity index (χ2v) is 9.43. The second-order valence-electron chi connectivity index (χ2n) is 9.43. The molecule has 0 bridgehead atoms. The lowest BCUT2D eigenvalue weighted by molar-refractivity contribution is -0.140. The lowest BCUT2D eigenvalue weighted by Crippen LogP contribution is -2.46. The van der Waals surface area contributed by atoms with Gasteiger partial charge in [0.05, 0.1) is 39.3 Å². The molecular weight excluding hydrogens is 476 g/mol. The van der Waals surface area contributed by atoms with E-state index in [4.69, 9.17) is 13.9 Å². The highest BCUT2D eigenvalue weighted by molar-refractivity contribution is 5.71. The highest BCUT2D eigenvalue weighted by atomic mass is 16.5. The van der Waals surface area contributed by atoms with Gasteiger partial charge < -0.3 is 23.9 Å². The zero-order valence-electron chi connectivity index (χ0n) is 21.7. The molecule has 3 heterocycles. The summed E-state index contributed by atoms with van der Waals surface area (Å²) < 4.78 is 18.0. The molecule has 2 aromatic heterocycles. The Hall–Kier alpha value is -3.79. The molecule has 1 aliphatic heterocycles. The van der Waals surface area contributed by atoms with E-state index in [1.54, 1.807) is 24.2 Å². The highest BCUT2D eigenvalue weighted by Crippen LogP contribution is 2.34. The molecule has 10 heteroatoms. The number of hydrogen-bond donors (Lipinski definition) is 1. The summed E-state index contributed by atoms with van der Waals surface area (Å²) in [4.78, 5) is 29.4. The Bertz CT molecular complexity index is 1260. The number of ether oxygens (including phenoxy) is 2. The molecule has 0 spiro atoms. The van der Waals surface area contributed by atoms with Crippen LogP contribution in [0.5, 0.6) is 11.5 Å². The van der Waals surface area contributed by atoms with Crippen LogP contribution in [0, 0.1) is 0 Å². The first kappa shape index (κ1) is 26.3. The second kappa shape index (κ2) is 11.5. The maximum atomic E-state index is 12.7. The fraction of sp³-hybridized carbons (Fsp3) is 0.444. The first-order valence-electron chi connectivity index (χ1n) is 12.4. The van der Waals surface area contributed by atoms with Crippen LogP contribution >= 0.6 is 0 Å². The first-order valence-corrected chi connectivity index (χ1v) is 12.4. The van der Waals surface area contributed by atoms with Gasteiger partial charge in [0, 0.05) is 55.7 Å². The molecule has 1 saturated heterocycles. The molecular formula is C27H34N4O6.